The summed E-state index contributed by atoms with van der Waals surface area (Å²) in [4.78, 5) is 2.35. The topological polar surface area (TPSA) is 53.1 Å². The van der Waals surface area contributed by atoms with Crippen molar-refractivity contribution in [3.8, 4) is 0 Å². The highest BCUT2D eigenvalue weighted by Gasteiger charge is 2.18. The van der Waals surface area contributed by atoms with Gasteiger partial charge in [-0.25, -0.2) is 0 Å². The maximum absolute atomic E-state index is 7.48. The molecule has 0 saturated heterocycles. The molecule has 0 unspecified atom stereocenters. The Balaban J connectivity index is 2.17. The molecule has 0 heterocycles. The van der Waals surface area contributed by atoms with Crippen molar-refractivity contribution in [3.63, 3.8) is 0 Å². The van der Waals surface area contributed by atoms with Crippen molar-refractivity contribution in [2.24, 2.45) is 5.73 Å². The average Bonchev–Trinajstić information content (AvgIpc) is 2.38. The lowest BCUT2D eigenvalue weighted by Gasteiger charge is -2.33. The molecule has 98 valence electrons. The Morgan fingerprint density at radius 2 is 2.00 bits per heavy atom. The number of rotatable bonds is 3. The fraction of sp³-hybridized carbons (Fsp3) is 0.500. The van der Waals surface area contributed by atoms with Crippen LogP contribution in [0.1, 0.15) is 37.7 Å². The molecule has 0 amide bonds. The van der Waals surface area contributed by atoms with E-state index in [1.807, 2.05) is 6.07 Å². The molecule has 0 aliphatic heterocycles. The first-order valence-electron chi connectivity index (χ1n) is 6.46. The Kier molecular flexibility index (Phi) is 4.27. The lowest BCUT2D eigenvalue weighted by Crippen LogP contribution is -2.33. The minimum atomic E-state index is 0.105. The molecular formula is C14H20BrN3. The lowest BCUT2D eigenvalue weighted by atomic mass is 9.94. The number of hydrogen-bond acceptors (Lipinski definition) is 2. The third kappa shape index (κ3) is 2.86. The molecule has 2 rings (SSSR count). The standard InChI is InChI=1S/C14H20BrN3/c1-18(10-5-3-2-4-6-10)11-7-8-12(14(16)17)13(15)9-11/h7-10H,2-6H2,1H3,(H3,16,17). The van der Waals surface area contributed by atoms with Gasteiger partial charge in [0.1, 0.15) is 5.84 Å². The Hall–Kier alpha value is -1.03. The highest BCUT2D eigenvalue weighted by atomic mass is 79.9. The van der Waals surface area contributed by atoms with E-state index in [1.165, 1.54) is 37.8 Å². The number of amidine groups is 1. The van der Waals surface area contributed by atoms with E-state index < -0.39 is 0 Å². The molecule has 18 heavy (non-hydrogen) atoms. The minimum absolute atomic E-state index is 0.105. The van der Waals surface area contributed by atoms with Crippen molar-refractivity contribution < 1.29 is 0 Å². The monoisotopic (exact) mass is 309 g/mol. The second-order valence-corrected chi connectivity index (χ2v) is 5.83. The molecule has 1 aromatic carbocycles. The zero-order chi connectivity index (χ0) is 13.1. The van der Waals surface area contributed by atoms with E-state index in [0.717, 1.165) is 10.0 Å². The smallest absolute Gasteiger partial charge is 0.123 e. The van der Waals surface area contributed by atoms with E-state index in [2.05, 4.69) is 40.0 Å². The van der Waals surface area contributed by atoms with E-state index in [-0.39, 0.29) is 5.84 Å². The van der Waals surface area contributed by atoms with Crippen LogP contribution >= 0.6 is 15.9 Å². The Morgan fingerprint density at radius 1 is 1.33 bits per heavy atom. The lowest BCUT2D eigenvalue weighted by molar-refractivity contribution is 0.427. The summed E-state index contributed by atoms with van der Waals surface area (Å²) < 4.78 is 0.898. The van der Waals surface area contributed by atoms with Crippen LogP contribution in [-0.2, 0) is 0 Å². The summed E-state index contributed by atoms with van der Waals surface area (Å²) in [7, 11) is 2.16. The summed E-state index contributed by atoms with van der Waals surface area (Å²) >= 11 is 3.49. The van der Waals surface area contributed by atoms with Crippen LogP contribution in [0.2, 0.25) is 0 Å². The van der Waals surface area contributed by atoms with Crippen molar-refractivity contribution >= 4 is 27.5 Å². The van der Waals surface area contributed by atoms with E-state index in [0.29, 0.717) is 6.04 Å². The maximum Gasteiger partial charge on any atom is 0.123 e. The van der Waals surface area contributed by atoms with Gasteiger partial charge >= 0.3 is 0 Å². The summed E-state index contributed by atoms with van der Waals surface area (Å²) in [5.41, 5.74) is 7.48. The number of anilines is 1. The Bertz CT molecular complexity index is 439. The van der Waals surface area contributed by atoms with Gasteiger partial charge in [-0.15, -0.1) is 0 Å². The fourth-order valence-electron chi connectivity index (χ4n) is 2.62. The van der Waals surface area contributed by atoms with Gasteiger partial charge in [0, 0.05) is 28.8 Å². The van der Waals surface area contributed by atoms with Crippen LogP contribution in [0.15, 0.2) is 22.7 Å². The van der Waals surface area contributed by atoms with Gasteiger partial charge in [-0.05, 0) is 47.0 Å². The number of nitrogens with one attached hydrogen (secondary N) is 1. The Labute approximate surface area is 117 Å². The highest BCUT2D eigenvalue weighted by Crippen LogP contribution is 2.29. The maximum atomic E-state index is 7.48. The number of nitrogen functional groups attached to an aromatic ring is 1. The second kappa shape index (κ2) is 5.74. The predicted octanol–water partition coefficient (Wildman–Crippen LogP) is 3.50. The second-order valence-electron chi connectivity index (χ2n) is 4.98. The fourth-order valence-corrected chi connectivity index (χ4v) is 3.20. The normalized spacial score (nSPS) is 16.6. The summed E-state index contributed by atoms with van der Waals surface area (Å²) in [6.45, 7) is 0. The molecule has 0 radical (unpaired) electrons. The van der Waals surface area contributed by atoms with Crippen molar-refractivity contribution in [1.82, 2.24) is 0 Å². The number of benzene rings is 1. The highest BCUT2D eigenvalue weighted by molar-refractivity contribution is 9.10. The molecule has 1 aliphatic rings. The summed E-state index contributed by atoms with van der Waals surface area (Å²) in [6.07, 6.45) is 6.60. The van der Waals surface area contributed by atoms with Crippen LogP contribution < -0.4 is 10.6 Å². The van der Waals surface area contributed by atoms with Gasteiger partial charge in [0.2, 0.25) is 0 Å². The van der Waals surface area contributed by atoms with Crippen LogP contribution in [0.4, 0.5) is 5.69 Å². The minimum Gasteiger partial charge on any atom is -0.384 e. The van der Waals surface area contributed by atoms with Crippen molar-refractivity contribution in [1.29, 1.82) is 5.41 Å². The molecule has 0 spiro atoms. The zero-order valence-electron chi connectivity index (χ0n) is 10.7. The largest absolute Gasteiger partial charge is 0.384 e. The first-order valence-corrected chi connectivity index (χ1v) is 7.25. The van der Waals surface area contributed by atoms with Crippen LogP contribution in [-0.4, -0.2) is 18.9 Å². The van der Waals surface area contributed by atoms with Gasteiger partial charge in [-0.2, -0.15) is 0 Å². The summed E-state index contributed by atoms with van der Waals surface area (Å²) in [5, 5.41) is 7.48. The van der Waals surface area contributed by atoms with Gasteiger partial charge in [-0.3, -0.25) is 5.41 Å². The van der Waals surface area contributed by atoms with E-state index in [4.69, 9.17) is 11.1 Å². The van der Waals surface area contributed by atoms with Crippen molar-refractivity contribution in [3.05, 3.63) is 28.2 Å². The van der Waals surface area contributed by atoms with Crippen LogP contribution in [0.25, 0.3) is 0 Å². The SMILES string of the molecule is CN(c1ccc(C(=N)N)c(Br)c1)C1CCCCC1. The number of nitrogens with zero attached hydrogens (tertiary/aromatic N) is 1. The zero-order valence-corrected chi connectivity index (χ0v) is 12.3. The molecule has 1 fully saturated rings. The van der Waals surface area contributed by atoms with Gasteiger partial charge in [0.05, 0.1) is 0 Å². The third-order valence-corrected chi connectivity index (χ3v) is 4.43. The molecule has 0 aromatic heterocycles. The van der Waals surface area contributed by atoms with Crippen molar-refractivity contribution in [2.45, 2.75) is 38.1 Å². The molecular weight excluding hydrogens is 290 g/mol. The van der Waals surface area contributed by atoms with Crippen LogP contribution in [0.3, 0.4) is 0 Å². The molecule has 1 aliphatic carbocycles. The van der Waals surface area contributed by atoms with Gasteiger partial charge < -0.3 is 10.6 Å². The predicted molar refractivity (Wildman–Crippen MR) is 80.4 cm³/mol. The van der Waals surface area contributed by atoms with E-state index in [9.17, 15) is 0 Å². The molecule has 3 nitrogen and oxygen atoms in total. The first kappa shape index (κ1) is 13.4. The Morgan fingerprint density at radius 3 is 2.56 bits per heavy atom. The van der Waals surface area contributed by atoms with Gasteiger partial charge in [0.15, 0.2) is 0 Å². The number of halogens is 1. The average molecular weight is 310 g/mol. The first-order chi connectivity index (χ1) is 8.59. The molecule has 0 atom stereocenters. The van der Waals surface area contributed by atoms with E-state index in [1.54, 1.807) is 0 Å². The summed E-state index contributed by atoms with van der Waals surface area (Å²) in [6, 6.07) is 6.68. The summed E-state index contributed by atoms with van der Waals surface area (Å²) in [5.74, 6) is 0.105. The van der Waals surface area contributed by atoms with Crippen molar-refractivity contribution in [2.75, 3.05) is 11.9 Å². The molecule has 4 heteroatoms. The van der Waals surface area contributed by atoms with Crippen LogP contribution in [0.5, 0.6) is 0 Å². The quantitative estimate of drug-likeness (QED) is 0.663. The number of hydrogen-bond donors (Lipinski definition) is 2. The third-order valence-electron chi connectivity index (χ3n) is 3.77. The number of nitrogens with two attached hydrogens (primary N) is 1. The molecule has 0 bridgehead atoms. The van der Waals surface area contributed by atoms with Gasteiger partial charge in [0.25, 0.3) is 0 Å². The van der Waals surface area contributed by atoms with Crippen LogP contribution in [0, 0.1) is 5.41 Å². The molecule has 1 saturated carbocycles. The molecule has 3 N–H and O–H groups in total. The van der Waals surface area contributed by atoms with E-state index >= 15 is 0 Å². The molecule has 1 aromatic rings. The van der Waals surface area contributed by atoms with Gasteiger partial charge in [-0.1, -0.05) is 19.3 Å².